The van der Waals surface area contributed by atoms with Gasteiger partial charge in [-0.05, 0) is 80.6 Å². The van der Waals surface area contributed by atoms with Crippen LogP contribution in [0.1, 0.15) is 16.7 Å². The van der Waals surface area contributed by atoms with Crippen LogP contribution in [0, 0.1) is 13.8 Å². The van der Waals surface area contributed by atoms with Gasteiger partial charge in [-0.2, -0.15) is 0 Å². The number of amides is 1. The molecule has 0 unspecified atom stereocenters. The lowest BCUT2D eigenvalue weighted by molar-refractivity contribution is -0.118. The van der Waals surface area contributed by atoms with Crippen LogP contribution < -0.4 is 10.1 Å². The molecule has 0 radical (unpaired) electrons. The van der Waals surface area contributed by atoms with Crippen molar-refractivity contribution < 1.29 is 14.7 Å². The maximum absolute atomic E-state index is 12.1. The van der Waals surface area contributed by atoms with Crippen LogP contribution in [-0.2, 0) is 4.79 Å². The summed E-state index contributed by atoms with van der Waals surface area (Å²) in [6.45, 7) is 3.82. The van der Waals surface area contributed by atoms with E-state index in [0.29, 0.717) is 20.3 Å². The van der Waals surface area contributed by atoms with Gasteiger partial charge in [-0.15, -0.1) is 0 Å². The van der Waals surface area contributed by atoms with Crippen LogP contribution in [0.2, 0.25) is 0 Å². The lowest BCUT2D eigenvalue weighted by Crippen LogP contribution is -2.21. The number of benzene rings is 2. The highest BCUT2D eigenvalue weighted by atomic mass is 79.9. The molecule has 0 bridgehead atoms. The molecule has 0 aliphatic rings. The highest BCUT2D eigenvalue weighted by molar-refractivity contribution is 9.11. The van der Waals surface area contributed by atoms with E-state index in [2.05, 4.69) is 42.3 Å². The molecule has 2 aromatic carbocycles. The molecule has 0 spiro atoms. The van der Waals surface area contributed by atoms with Crippen LogP contribution in [0.25, 0.3) is 0 Å². The van der Waals surface area contributed by atoms with E-state index in [1.165, 1.54) is 6.21 Å². The number of hydrogen-bond donors (Lipinski definition) is 2. The van der Waals surface area contributed by atoms with Crippen LogP contribution in [0.15, 0.2) is 44.4 Å². The average molecular weight is 456 g/mol. The third kappa shape index (κ3) is 4.58. The first-order valence-electron chi connectivity index (χ1n) is 7.07. The van der Waals surface area contributed by atoms with Gasteiger partial charge in [-0.25, -0.2) is 0 Å². The van der Waals surface area contributed by atoms with Crippen LogP contribution in [0.4, 0.5) is 5.69 Å². The lowest BCUT2D eigenvalue weighted by Gasteiger charge is -2.13. The molecular formula is C17H16Br2N2O3. The smallest absolute Gasteiger partial charge is 0.262 e. The minimum absolute atomic E-state index is 0.127. The van der Waals surface area contributed by atoms with Gasteiger partial charge >= 0.3 is 0 Å². The van der Waals surface area contributed by atoms with E-state index >= 15 is 0 Å². The Balaban J connectivity index is 2.05. The van der Waals surface area contributed by atoms with Crippen molar-refractivity contribution in [3.8, 4) is 5.75 Å². The van der Waals surface area contributed by atoms with E-state index in [9.17, 15) is 4.79 Å². The molecule has 2 N–H and O–H groups in total. The fraction of sp³-hybridized carbons (Fsp3) is 0.176. The summed E-state index contributed by atoms with van der Waals surface area (Å²) in [5, 5.41) is 14.4. The molecule has 0 fully saturated rings. The average Bonchev–Trinajstić information content (AvgIpc) is 2.51. The number of rotatable bonds is 5. The van der Waals surface area contributed by atoms with E-state index in [-0.39, 0.29) is 12.5 Å². The Bertz CT molecular complexity index is 768. The number of carbonyl (C=O) groups is 1. The van der Waals surface area contributed by atoms with E-state index in [0.717, 1.165) is 16.8 Å². The number of hydrogen-bond acceptors (Lipinski definition) is 4. The molecule has 126 valence electrons. The van der Waals surface area contributed by atoms with Gasteiger partial charge < -0.3 is 15.3 Å². The minimum Gasteiger partial charge on any atom is -0.481 e. The molecule has 0 saturated heterocycles. The third-order valence-corrected chi connectivity index (χ3v) is 4.63. The Hall–Kier alpha value is -1.86. The maximum Gasteiger partial charge on any atom is 0.262 e. The lowest BCUT2D eigenvalue weighted by atomic mass is 10.1. The molecule has 24 heavy (non-hydrogen) atoms. The van der Waals surface area contributed by atoms with E-state index in [4.69, 9.17) is 9.94 Å². The molecule has 0 aliphatic heterocycles. The van der Waals surface area contributed by atoms with Crippen molar-refractivity contribution >= 4 is 49.7 Å². The van der Waals surface area contributed by atoms with Gasteiger partial charge in [0.1, 0.15) is 5.75 Å². The number of nitrogens with zero attached hydrogens (tertiary/aromatic N) is 1. The zero-order chi connectivity index (χ0) is 17.7. The highest BCUT2D eigenvalue weighted by Crippen LogP contribution is 2.34. The van der Waals surface area contributed by atoms with Gasteiger partial charge in [0.2, 0.25) is 0 Å². The first-order valence-corrected chi connectivity index (χ1v) is 8.66. The predicted molar refractivity (Wildman–Crippen MR) is 101 cm³/mol. The first-order chi connectivity index (χ1) is 11.4. The van der Waals surface area contributed by atoms with Gasteiger partial charge in [0.15, 0.2) is 6.61 Å². The maximum atomic E-state index is 12.1. The molecule has 7 heteroatoms. The van der Waals surface area contributed by atoms with Gasteiger partial charge in [0.05, 0.1) is 15.2 Å². The summed E-state index contributed by atoms with van der Waals surface area (Å²) in [5.74, 6) is 0.254. The number of oxime groups is 1. The number of halogens is 2. The summed E-state index contributed by atoms with van der Waals surface area (Å²) in [6.07, 6.45) is 1.30. The Morgan fingerprint density at radius 1 is 1.29 bits per heavy atom. The fourth-order valence-corrected chi connectivity index (χ4v) is 3.52. The van der Waals surface area contributed by atoms with Crippen LogP contribution in [-0.4, -0.2) is 23.9 Å². The highest BCUT2D eigenvalue weighted by Gasteiger charge is 2.12. The van der Waals surface area contributed by atoms with Crippen molar-refractivity contribution in [2.45, 2.75) is 13.8 Å². The molecule has 0 atom stereocenters. The Morgan fingerprint density at radius 2 is 1.96 bits per heavy atom. The fourth-order valence-electron chi connectivity index (χ4n) is 2.07. The zero-order valence-corrected chi connectivity index (χ0v) is 16.3. The summed E-state index contributed by atoms with van der Waals surface area (Å²) < 4.78 is 6.88. The molecule has 1 amide bonds. The van der Waals surface area contributed by atoms with Crippen molar-refractivity contribution in [2.75, 3.05) is 11.9 Å². The van der Waals surface area contributed by atoms with Crippen LogP contribution in [0.5, 0.6) is 5.75 Å². The van der Waals surface area contributed by atoms with Crippen molar-refractivity contribution in [1.29, 1.82) is 0 Å². The number of ether oxygens (including phenoxy) is 1. The van der Waals surface area contributed by atoms with Gasteiger partial charge in [-0.1, -0.05) is 17.3 Å². The monoisotopic (exact) mass is 454 g/mol. The van der Waals surface area contributed by atoms with Crippen molar-refractivity contribution in [2.24, 2.45) is 5.16 Å². The predicted octanol–water partition coefficient (Wildman–Crippen LogP) is 4.65. The molecule has 2 rings (SSSR count). The Morgan fingerprint density at radius 3 is 2.58 bits per heavy atom. The van der Waals surface area contributed by atoms with Gasteiger partial charge in [-0.3, -0.25) is 4.79 Å². The van der Waals surface area contributed by atoms with Crippen molar-refractivity contribution in [3.63, 3.8) is 0 Å². The number of anilines is 1. The largest absolute Gasteiger partial charge is 0.481 e. The van der Waals surface area contributed by atoms with E-state index in [1.54, 1.807) is 12.1 Å². The SMILES string of the molecule is Cc1cccc(NC(=O)COc2c(Br)cc(/C=N/O)cc2Br)c1C. The minimum atomic E-state index is -0.247. The summed E-state index contributed by atoms with van der Waals surface area (Å²) in [6, 6.07) is 9.19. The van der Waals surface area contributed by atoms with Gasteiger partial charge in [0, 0.05) is 5.69 Å². The van der Waals surface area contributed by atoms with Crippen LogP contribution in [0.3, 0.4) is 0 Å². The summed E-state index contributed by atoms with van der Waals surface area (Å²) in [4.78, 5) is 12.1. The van der Waals surface area contributed by atoms with Crippen molar-refractivity contribution in [3.05, 3.63) is 56.0 Å². The summed E-state index contributed by atoms with van der Waals surface area (Å²) >= 11 is 6.75. The second kappa shape index (κ2) is 8.30. The van der Waals surface area contributed by atoms with Crippen molar-refractivity contribution in [1.82, 2.24) is 0 Å². The second-order valence-corrected chi connectivity index (χ2v) is 6.85. The van der Waals surface area contributed by atoms with E-state index < -0.39 is 0 Å². The normalized spacial score (nSPS) is 10.8. The van der Waals surface area contributed by atoms with Gasteiger partial charge in [0.25, 0.3) is 5.91 Å². The number of nitrogens with one attached hydrogen (secondary N) is 1. The first kappa shape index (κ1) is 18.5. The second-order valence-electron chi connectivity index (χ2n) is 5.14. The Labute approximate surface area is 157 Å². The Kier molecular flexibility index (Phi) is 6.39. The number of carbonyl (C=O) groups excluding carboxylic acids is 1. The molecule has 0 aliphatic carbocycles. The molecule has 5 nitrogen and oxygen atoms in total. The topological polar surface area (TPSA) is 70.9 Å². The molecular weight excluding hydrogens is 440 g/mol. The molecule has 0 aromatic heterocycles. The molecule has 2 aromatic rings. The molecule has 0 saturated carbocycles. The van der Waals surface area contributed by atoms with Crippen LogP contribution >= 0.6 is 31.9 Å². The third-order valence-electron chi connectivity index (χ3n) is 3.45. The van der Waals surface area contributed by atoms with E-state index in [1.807, 2.05) is 32.0 Å². The quantitative estimate of drug-likeness (QED) is 0.391. The number of aryl methyl sites for hydroxylation is 1. The summed E-state index contributed by atoms with van der Waals surface area (Å²) in [5.41, 5.74) is 3.60. The molecule has 0 heterocycles. The summed E-state index contributed by atoms with van der Waals surface area (Å²) in [7, 11) is 0. The zero-order valence-electron chi connectivity index (χ0n) is 13.1. The standard InChI is InChI=1S/C17H16Br2N2O3/c1-10-4-3-5-15(11(10)2)21-16(22)9-24-17-13(18)6-12(8-20-23)7-14(17)19/h3-8,23H,9H2,1-2H3,(H,21,22)/b20-8+.